The third-order valence-electron chi connectivity index (χ3n) is 6.55. The van der Waals surface area contributed by atoms with Gasteiger partial charge in [-0.3, -0.25) is 0 Å². The zero-order valence-electron chi connectivity index (χ0n) is 22.0. The Morgan fingerprint density at radius 2 is 1.39 bits per heavy atom. The number of aromatic nitrogens is 2. The maximum Gasteiger partial charge on any atom is 0.157 e. The van der Waals surface area contributed by atoms with Crippen LogP contribution in [-0.2, 0) is 20.1 Å². The van der Waals surface area contributed by atoms with E-state index in [4.69, 9.17) is 4.52 Å². The van der Waals surface area contributed by atoms with Crippen LogP contribution >= 0.6 is 0 Å². The van der Waals surface area contributed by atoms with Crippen LogP contribution in [0.2, 0.25) is 0 Å². The molecule has 0 saturated heterocycles. The molecule has 0 aliphatic rings. The van der Waals surface area contributed by atoms with Gasteiger partial charge in [0.15, 0.2) is 5.58 Å². The van der Waals surface area contributed by atoms with Gasteiger partial charge in [-0.05, 0) is 29.7 Å². The number of hydrogen-bond acceptors (Lipinski definition) is 3. The largest absolute Gasteiger partial charge is 0.366 e. The molecule has 0 aliphatic carbocycles. The van der Waals surface area contributed by atoms with E-state index in [0.29, 0.717) is 11.8 Å². The molecule has 0 amide bonds. The fraction of sp³-hybridized carbons (Fsp3) is 0.176. The topological polar surface area (TPSA) is 38.9 Å². The van der Waals surface area contributed by atoms with E-state index in [0.717, 1.165) is 38.9 Å². The van der Waals surface area contributed by atoms with Crippen molar-refractivity contribution in [1.29, 1.82) is 0 Å². The summed E-state index contributed by atoms with van der Waals surface area (Å²) in [6.07, 6.45) is 1.89. The van der Waals surface area contributed by atoms with E-state index in [9.17, 15) is 0 Å². The SMILES string of the molecule is CC(C)c1cc[c-]c(-c2cc(C(C)C)ccn2)c1.[Ir].[c-]1ccc2ccccc2c1-c1noc2ccccc12. The summed E-state index contributed by atoms with van der Waals surface area (Å²) in [5.41, 5.74) is 7.41. The van der Waals surface area contributed by atoms with Crippen molar-refractivity contribution < 1.29 is 24.6 Å². The molecule has 0 spiro atoms. The van der Waals surface area contributed by atoms with Crippen LogP contribution in [0.15, 0.2) is 102 Å². The van der Waals surface area contributed by atoms with Gasteiger partial charge in [0, 0.05) is 37.4 Å². The minimum atomic E-state index is 0. The molecule has 0 unspecified atom stereocenters. The Morgan fingerprint density at radius 3 is 2.18 bits per heavy atom. The molecule has 193 valence electrons. The van der Waals surface area contributed by atoms with Gasteiger partial charge >= 0.3 is 0 Å². The molecule has 1 radical (unpaired) electrons. The van der Waals surface area contributed by atoms with Crippen LogP contribution < -0.4 is 0 Å². The molecule has 4 aromatic carbocycles. The second-order valence-electron chi connectivity index (χ2n) is 9.79. The molecule has 6 aromatic rings. The zero-order chi connectivity index (χ0) is 25.8. The number of fused-ring (bicyclic) bond motifs is 2. The number of nitrogens with zero attached hydrogens (tertiary/aromatic N) is 2. The van der Waals surface area contributed by atoms with Crippen LogP contribution in [0, 0.1) is 12.1 Å². The molecule has 0 bridgehead atoms. The second kappa shape index (κ2) is 12.3. The minimum Gasteiger partial charge on any atom is -0.366 e. The molecule has 3 nitrogen and oxygen atoms in total. The Balaban J connectivity index is 0.000000173. The fourth-order valence-corrected chi connectivity index (χ4v) is 4.37. The van der Waals surface area contributed by atoms with Gasteiger partial charge in [-0.1, -0.05) is 87.2 Å². The van der Waals surface area contributed by atoms with Crippen LogP contribution in [0.3, 0.4) is 0 Å². The van der Waals surface area contributed by atoms with Gasteiger partial charge in [0.25, 0.3) is 0 Å². The number of pyridine rings is 1. The van der Waals surface area contributed by atoms with Crippen LogP contribution in [0.25, 0.3) is 44.3 Å². The van der Waals surface area contributed by atoms with Gasteiger partial charge in [-0.15, -0.1) is 69.7 Å². The molecule has 38 heavy (non-hydrogen) atoms. The van der Waals surface area contributed by atoms with Crippen molar-refractivity contribution in [3.05, 3.63) is 120 Å². The predicted molar refractivity (Wildman–Crippen MR) is 152 cm³/mol. The van der Waals surface area contributed by atoms with Crippen LogP contribution in [-0.4, -0.2) is 10.1 Å². The first kappa shape index (κ1) is 27.4. The summed E-state index contributed by atoms with van der Waals surface area (Å²) in [5, 5.41) is 7.56. The van der Waals surface area contributed by atoms with Crippen LogP contribution in [0.5, 0.6) is 0 Å². The Labute approximate surface area is 238 Å². The summed E-state index contributed by atoms with van der Waals surface area (Å²) < 4.78 is 5.38. The number of para-hydroxylation sites is 1. The molecular formula is C34H30IrN2O-2. The van der Waals surface area contributed by atoms with E-state index in [-0.39, 0.29) is 20.1 Å². The van der Waals surface area contributed by atoms with E-state index < -0.39 is 0 Å². The van der Waals surface area contributed by atoms with Crippen molar-refractivity contribution in [3.8, 4) is 22.5 Å². The van der Waals surface area contributed by atoms with Crippen LogP contribution in [0.4, 0.5) is 0 Å². The van der Waals surface area contributed by atoms with Crippen LogP contribution in [0.1, 0.15) is 50.7 Å². The molecular weight excluding hydrogens is 645 g/mol. The quantitative estimate of drug-likeness (QED) is 0.175. The molecule has 0 aliphatic heterocycles. The van der Waals surface area contributed by atoms with Gasteiger partial charge in [0.1, 0.15) is 0 Å². The predicted octanol–water partition coefficient (Wildman–Crippen LogP) is 9.24. The van der Waals surface area contributed by atoms with Gasteiger partial charge in [-0.25, -0.2) is 0 Å². The van der Waals surface area contributed by atoms with E-state index in [2.05, 4.69) is 92.4 Å². The first-order valence-electron chi connectivity index (χ1n) is 12.7. The molecule has 4 heteroatoms. The average Bonchev–Trinajstić information content (AvgIpc) is 3.37. The van der Waals surface area contributed by atoms with Gasteiger partial charge in [0.05, 0.1) is 0 Å². The van der Waals surface area contributed by atoms with Gasteiger partial charge < -0.3 is 9.51 Å². The monoisotopic (exact) mass is 675 g/mol. The maximum atomic E-state index is 5.38. The van der Waals surface area contributed by atoms with E-state index in [1.165, 1.54) is 16.5 Å². The number of rotatable bonds is 4. The number of benzene rings is 4. The fourth-order valence-electron chi connectivity index (χ4n) is 4.37. The standard InChI is InChI=1S/C17H10NO.C17H20N.Ir/c1-2-8-13-12(6-1)7-5-10-14(13)17-15-9-3-4-11-16(15)19-18-17;1-12(2)14-6-5-7-16(10-14)17-11-15(13(3)4)8-9-18-17;/h1-9,11H;5-6,8-13H,1-4H3;/q2*-1;. The minimum absolute atomic E-state index is 0. The normalized spacial score (nSPS) is 10.9. The van der Waals surface area contributed by atoms with Gasteiger partial charge in [-0.2, -0.15) is 0 Å². The molecule has 0 fully saturated rings. The Morgan fingerprint density at radius 1 is 0.711 bits per heavy atom. The number of hydrogen-bond donors (Lipinski definition) is 0. The summed E-state index contributed by atoms with van der Waals surface area (Å²) >= 11 is 0. The summed E-state index contributed by atoms with van der Waals surface area (Å²) in [4.78, 5) is 4.46. The van der Waals surface area contributed by atoms with E-state index >= 15 is 0 Å². The molecule has 0 atom stereocenters. The van der Waals surface area contributed by atoms with Crippen molar-refractivity contribution in [1.82, 2.24) is 10.1 Å². The zero-order valence-corrected chi connectivity index (χ0v) is 24.4. The average molecular weight is 675 g/mol. The first-order valence-corrected chi connectivity index (χ1v) is 12.7. The maximum absolute atomic E-state index is 5.38. The van der Waals surface area contributed by atoms with Crippen molar-refractivity contribution in [2.45, 2.75) is 39.5 Å². The third-order valence-corrected chi connectivity index (χ3v) is 6.55. The van der Waals surface area contributed by atoms with Crippen molar-refractivity contribution in [3.63, 3.8) is 0 Å². The molecule has 6 rings (SSSR count). The van der Waals surface area contributed by atoms with E-state index in [1.807, 2.05) is 54.7 Å². The van der Waals surface area contributed by atoms with Crippen molar-refractivity contribution in [2.24, 2.45) is 0 Å². The van der Waals surface area contributed by atoms with Crippen molar-refractivity contribution in [2.75, 3.05) is 0 Å². The van der Waals surface area contributed by atoms with E-state index in [1.54, 1.807) is 0 Å². The Kier molecular flexibility index (Phi) is 8.88. The Hall–Kier alpha value is -3.59. The Bertz CT molecular complexity index is 1600. The summed E-state index contributed by atoms with van der Waals surface area (Å²) in [7, 11) is 0. The van der Waals surface area contributed by atoms with Gasteiger partial charge in [0.2, 0.25) is 0 Å². The smallest absolute Gasteiger partial charge is 0.157 e. The molecule has 0 saturated carbocycles. The first-order chi connectivity index (χ1) is 18.0. The molecule has 2 heterocycles. The second-order valence-corrected chi connectivity index (χ2v) is 9.79. The summed E-state index contributed by atoms with van der Waals surface area (Å²) in [5.74, 6) is 1.06. The van der Waals surface area contributed by atoms with Crippen molar-refractivity contribution >= 4 is 21.7 Å². The molecule has 0 N–H and O–H groups in total. The summed E-state index contributed by atoms with van der Waals surface area (Å²) in [6, 6.07) is 37.3. The summed E-state index contributed by atoms with van der Waals surface area (Å²) in [6.45, 7) is 8.81. The third kappa shape index (κ3) is 5.93. The molecule has 2 aromatic heterocycles.